The molecule has 1 heterocycles. The summed E-state index contributed by atoms with van der Waals surface area (Å²) in [5, 5.41) is 21.2. The average molecular weight is 499 g/mol. The van der Waals surface area contributed by atoms with Crippen molar-refractivity contribution in [3.63, 3.8) is 0 Å². The molecular formula is C24H17BrClNO4. The number of Topliss-reactive ketones (excluding diaryl/α,β-unsaturated/α-hetero) is 1. The van der Waals surface area contributed by atoms with E-state index >= 15 is 0 Å². The molecule has 1 amide bonds. The second-order valence-corrected chi connectivity index (χ2v) is 8.49. The van der Waals surface area contributed by atoms with Gasteiger partial charge in [-0.2, -0.15) is 0 Å². The Labute approximate surface area is 192 Å². The number of nitrogens with zero attached hydrogens (tertiary/aromatic N) is 1. The Morgan fingerprint density at radius 2 is 1.65 bits per heavy atom. The van der Waals surface area contributed by atoms with Gasteiger partial charge in [0.1, 0.15) is 11.5 Å². The Morgan fingerprint density at radius 3 is 2.26 bits per heavy atom. The van der Waals surface area contributed by atoms with Crippen LogP contribution in [0.1, 0.15) is 22.7 Å². The van der Waals surface area contributed by atoms with Gasteiger partial charge in [-0.3, -0.25) is 14.5 Å². The van der Waals surface area contributed by atoms with Crippen LogP contribution < -0.4 is 4.90 Å². The third kappa shape index (κ3) is 3.84. The summed E-state index contributed by atoms with van der Waals surface area (Å²) in [6.07, 6.45) is 0. The van der Waals surface area contributed by atoms with Crippen molar-refractivity contribution >= 4 is 50.7 Å². The quantitative estimate of drug-likeness (QED) is 0.274. The van der Waals surface area contributed by atoms with E-state index in [1.807, 2.05) is 13.0 Å². The van der Waals surface area contributed by atoms with Crippen molar-refractivity contribution in [2.45, 2.75) is 13.0 Å². The molecule has 1 unspecified atom stereocenters. The van der Waals surface area contributed by atoms with Crippen LogP contribution in [0.5, 0.6) is 5.75 Å². The Morgan fingerprint density at radius 1 is 1.00 bits per heavy atom. The number of hydrogen-bond donors (Lipinski definition) is 2. The van der Waals surface area contributed by atoms with Gasteiger partial charge in [-0.1, -0.05) is 45.7 Å². The third-order valence-corrected chi connectivity index (χ3v) is 6.31. The van der Waals surface area contributed by atoms with Gasteiger partial charge in [0.15, 0.2) is 0 Å². The first-order valence-electron chi connectivity index (χ1n) is 9.40. The fraction of sp³-hybridized carbons (Fsp3) is 0.0833. The first-order valence-corrected chi connectivity index (χ1v) is 10.6. The molecule has 31 heavy (non-hydrogen) atoms. The summed E-state index contributed by atoms with van der Waals surface area (Å²) >= 11 is 9.41. The highest BCUT2D eigenvalue weighted by Crippen LogP contribution is 2.43. The van der Waals surface area contributed by atoms with Gasteiger partial charge in [-0.15, -0.1) is 0 Å². The normalized spacial score (nSPS) is 17.9. The first kappa shape index (κ1) is 21.2. The Balaban J connectivity index is 1.95. The van der Waals surface area contributed by atoms with Crippen molar-refractivity contribution in [3.05, 3.63) is 98.5 Å². The van der Waals surface area contributed by atoms with Gasteiger partial charge in [-0.05, 0) is 66.6 Å². The van der Waals surface area contributed by atoms with E-state index in [9.17, 15) is 19.8 Å². The molecule has 1 aliphatic rings. The van der Waals surface area contributed by atoms with E-state index in [4.69, 9.17) is 11.6 Å². The second kappa shape index (κ2) is 8.21. The smallest absolute Gasteiger partial charge is 0.300 e. The summed E-state index contributed by atoms with van der Waals surface area (Å²) in [5.74, 6) is -1.77. The lowest BCUT2D eigenvalue weighted by atomic mass is 9.95. The third-order valence-electron chi connectivity index (χ3n) is 5.20. The lowest BCUT2D eigenvalue weighted by molar-refractivity contribution is -0.132. The van der Waals surface area contributed by atoms with Crippen molar-refractivity contribution in [1.29, 1.82) is 0 Å². The standard InChI is InChI=1S/C24H17BrClNO4/c1-13-2-9-17(12-19(13)25)27-21(14-5-10-18(28)11-6-14)20(23(30)24(27)31)22(29)15-3-7-16(26)8-4-15/h2-12,21,28-29H,1H3. The maximum absolute atomic E-state index is 13.1. The van der Waals surface area contributed by atoms with Crippen molar-refractivity contribution in [2.75, 3.05) is 4.90 Å². The molecule has 0 saturated carbocycles. The van der Waals surface area contributed by atoms with Crippen molar-refractivity contribution in [2.24, 2.45) is 0 Å². The number of aliphatic hydroxyl groups is 1. The molecule has 3 aromatic rings. The minimum Gasteiger partial charge on any atom is -0.508 e. The van der Waals surface area contributed by atoms with Crippen molar-refractivity contribution in [3.8, 4) is 5.75 Å². The number of rotatable bonds is 3. The number of aromatic hydroxyl groups is 1. The molecule has 1 fully saturated rings. The molecule has 5 nitrogen and oxygen atoms in total. The molecular weight excluding hydrogens is 482 g/mol. The van der Waals surface area contributed by atoms with Gasteiger partial charge in [0.25, 0.3) is 11.7 Å². The molecule has 156 valence electrons. The molecule has 0 aromatic heterocycles. The van der Waals surface area contributed by atoms with Crippen LogP contribution >= 0.6 is 27.5 Å². The first-order chi connectivity index (χ1) is 14.8. The average Bonchev–Trinajstić information content (AvgIpc) is 3.01. The molecule has 4 rings (SSSR count). The Hall–Kier alpha value is -3.09. The highest BCUT2D eigenvalue weighted by molar-refractivity contribution is 9.10. The van der Waals surface area contributed by atoms with Gasteiger partial charge in [0.05, 0.1) is 11.6 Å². The van der Waals surface area contributed by atoms with Gasteiger partial charge in [0, 0.05) is 20.7 Å². The lowest BCUT2D eigenvalue weighted by Gasteiger charge is -2.26. The number of aliphatic hydroxyl groups excluding tert-OH is 1. The largest absolute Gasteiger partial charge is 0.508 e. The number of benzene rings is 3. The van der Waals surface area contributed by atoms with Crippen molar-refractivity contribution in [1.82, 2.24) is 0 Å². The van der Waals surface area contributed by atoms with Gasteiger partial charge in [-0.25, -0.2) is 0 Å². The number of hydrogen-bond acceptors (Lipinski definition) is 4. The zero-order valence-electron chi connectivity index (χ0n) is 16.3. The molecule has 1 saturated heterocycles. The maximum Gasteiger partial charge on any atom is 0.300 e. The van der Waals surface area contributed by atoms with Gasteiger partial charge >= 0.3 is 0 Å². The van der Waals surface area contributed by atoms with E-state index in [-0.39, 0.29) is 17.1 Å². The summed E-state index contributed by atoms with van der Waals surface area (Å²) < 4.78 is 0.786. The van der Waals surface area contributed by atoms with E-state index in [1.165, 1.54) is 17.0 Å². The van der Waals surface area contributed by atoms with Crippen LogP contribution in [0.15, 0.2) is 76.8 Å². The second-order valence-electron chi connectivity index (χ2n) is 7.20. The molecule has 0 aliphatic carbocycles. The molecule has 7 heteroatoms. The molecule has 3 aromatic carbocycles. The number of ketones is 1. The van der Waals surface area contributed by atoms with Crippen LogP contribution in [-0.2, 0) is 9.59 Å². The van der Waals surface area contributed by atoms with E-state index in [2.05, 4.69) is 15.9 Å². The topological polar surface area (TPSA) is 77.8 Å². The summed E-state index contributed by atoms with van der Waals surface area (Å²) in [6, 6.07) is 17.0. The number of phenols is 1. The zero-order valence-corrected chi connectivity index (χ0v) is 18.7. The van der Waals surface area contributed by atoms with Crippen LogP contribution in [0.4, 0.5) is 5.69 Å². The minimum atomic E-state index is -0.870. The summed E-state index contributed by atoms with van der Waals surface area (Å²) in [4.78, 5) is 27.5. The fourth-order valence-corrected chi connectivity index (χ4v) is 4.06. The number of amides is 1. The molecule has 1 aliphatic heterocycles. The van der Waals surface area contributed by atoms with Crippen molar-refractivity contribution < 1.29 is 19.8 Å². The maximum atomic E-state index is 13.1. The predicted octanol–water partition coefficient (Wildman–Crippen LogP) is 5.74. The number of aryl methyl sites for hydroxylation is 1. The molecule has 0 radical (unpaired) electrons. The van der Waals surface area contributed by atoms with Crippen LogP contribution in [0.25, 0.3) is 5.76 Å². The Kier molecular flexibility index (Phi) is 5.60. The number of halogens is 2. The molecule has 0 bridgehead atoms. The van der Waals surface area contributed by atoms with Crippen LogP contribution in [0, 0.1) is 6.92 Å². The molecule has 2 N–H and O–H groups in total. The lowest BCUT2D eigenvalue weighted by Crippen LogP contribution is -2.29. The highest BCUT2D eigenvalue weighted by Gasteiger charge is 2.47. The van der Waals surface area contributed by atoms with E-state index < -0.39 is 17.7 Å². The molecule has 1 atom stereocenters. The number of anilines is 1. The minimum absolute atomic E-state index is 0.0327. The highest BCUT2D eigenvalue weighted by atomic mass is 79.9. The SMILES string of the molecule is Cc1ccc(N2C(=O)C(=O)C(=C(O)c3ccc(Cl)cc3)C2c2ccc(O)cc2)cc1Br. The summed E-state index contributed by atoms with van der Waals surface area (Å²) in [5.41, 5.74) is 2.39. The van der Waals surface area contributed by atoms with Gasteiger partial charge < -0.3 is 10.2 Å². The number of carbonyl (C=O) groups excluding carboxylic acids is 2. The summed E-state index contributed by atoms with van der Waals surface area (Å²) in [6.45, 7) is 1.92. The van der Waals surface area contributed by atoms with E-state index in [0.29, 0.717) is 21.8 Å². The summed E-state index contributed by atoms with van der Waals surface area (Å²) in [7, 11) is 0. The number of phenolic OH excluding ortho intramolecular Hbond substituents is 1. The van der Waals surface area contributed by atoms with E-state index in [1.54, 1.807) is 48.5 Å². The molecule has 0 spiro atoms. The van der Waals surface area contributed by atoms with E-state index in [0.717, 1.165) is 10.0 Å². The van der Waals surface area contributed by atoms with Gasteiger partial charge in [0.2, 0.25) is 0 Å². The van der Waals surface area contributed by atoms with Crippen LogP contribution in [0.3, 0.4) is 0 Å². The number of carbonyl (C=O) groups is 2. The zero-order chi connectivity index (χ0) is 22.3. The predicted molar refractivity (Wildman–Crippen MR) is 123 cm³/mol. The fourth-order valence-electron chi connectivity index (χ4n) is 3.57. The Bertz CT molecular complexity index is 1220. The van der Waals surface area contributed by atoms with Crippen LogP contribution in [-0.4, -0.2) is 21.9 Å². The van der Waals surface area contributed by atoms with Crippen LogP contribution in [0.2, 0.25) is 5.02 Å². The monoisotopic (exact) mass is 497 g/mol.